The molecular weight excluding hydrogens is 426 g/mol. The maximum Gasteiger partial charge on any atom is 0.228 e. The molecule has 0 saturated heterocycles. The number of ether oxygens (including phenoxy) is 1. The minimum absolute atomic E-state index is 0.0466. The fourth-order valence-corrected chi connectivity index (χ4v) is 3.75. The number of hydrogen-bond donors (Lipinski definition) is 1. The van der Waals surface area contributed by atoms with Crippen molar-refractivity contribution in [2.24, 2.45) is 5.92 Å². The Kier molecular flexibility index (Phi) is 5.58. The van der Waals surface area contributed by atoms with Gasteiger partial charge in [0.05, 0.1) is 30.1 Å². The van der Waals surface area contributed by atoms with Crippen molar-refractivity contribution in [3.8, 4) is 5.75 Å². The zero-order valence-electron chi connectivity index (χ0n) is 17.3. The molecule has 1 aromatic heterocycles. The van der Waals surface area contributed by atoms with E-state index < -0.39 is 40.5 Å². The van der Waals surface area contributed by atoms with Gasteiger partial charge in [0.15, 0.2) is 17.4 Å². The van der Waals surface area contributed by atoms with Gasteiger partial charge in [-0.25, -0.2) is 27.5 Å². The molecule has 0 radical (unpaired) electrons. The summed E-state index contributed by atoms with van der Waals surface area (Å²) >= 11 is 0. The molecule has 1 N–H and O–H groups in total. The fraction of sp³-hybridized carbons (Fsp3) is 0.261. The molecule has 0 aliphatic heterocycles. The molecule has 2 aromatic carbocycles. The highest BCUT2D eigenvalue weighted by atomic mass is 19.2. The van der Waals surface area contributed by atoms with Crippen molar-refractivity contribution in [3.05, 3.63) is 82.9 Å². The van der Waals surface area contributed by atoms with Crippen molar-refractivity contribution in [1.29, 1.82) is 0 Å². The fourth-order valence-electron chi connectivity index (χ4n) is 3.75. The van der Waals surface area contributed by atoms with Gasteiger partial charge in [0.1, 0.15) is 17.5 Å². The van der Waals surface area contributed by atoms with Gasteiger partial charge < -0.3 is 10.1 Å². The van der Waals surface area contributed by atoms with Crippen molar-refractivity contribution in [2.75, 3.05) is 11.9 Å². The summed E-state index contributed by atoms with van der Waals surface area (Å²) in [5, 5.41) is 2.38. The molecule has 3 aromatic rings. The van der Waals surface area contributed by atoms with Crippen LogP contribution in [0, 0.1) is 43.0 Å². The average molecular weight is 445 g/mol. The van der Waals surface area contributed by atoms with E-state index in [0.717, 1.165) is 30.3 Å². The lowest BCUT2D eigenvalue weighted by Gasteiger charge is -2.20. The van der Waals surface area contributed by atoms with Crippen LogP contribution in [-0.2, 0) is 10.2 Å². The van der Waals surface area contributed by atoms with Crippen LogP contribution in [0.3, 0.4) is 0 Å². The van der Waals surface area contributed by atoms with Crippen LogP contribution in [0.2, 0.25) is 0 Å². The van der Waals surface area contributed by atoms with E-state index in [1.54, 1.807) is 13.8 Å². The molecule has 32 heavy (non-hydrogen) atoms. The Morgan fingerprint density at radius 1 is 1.09 bits per heavy atom. The van der Waals surface area contributed by atoms with Crippen molar-refractivity contribution in [1.82, 2.24) is 9.97 Å². The predicted molar refractivity (Wildman–Crippen MR) is 108 cm³/mol. The number of aryl methyl sites for hydroxylation is 2. The summed E-state index contributed by atoms with van der Waals surface area (Å²) < 4.78 is 60.7. The van der Waals surface area contributed by atoms with Gasteiger partial charge in [-0.2, -0.15) is 0 Å². The molecular formula is C23H19F4N3O2. The molecule has 2 atom stereocenters. The third kappa shape index (κ3) is 4.15. The minimum Gasteiger partial charge on any atom is -0.489 e. The van der Waals surface area contributed by atoms with Crippen LogP contribution in [0.1, 0.15) is 23.5 Å². The van der Waals surface area contributed by atoms with Crippen molar-refractivity contribution in [3.63, 3.8) is 0 Å². The number of hydrogen-bond acceptors (Lipinski definition) is 4. The molecule has 4 rings (SSSR count). The van der Waals surface area contributed by atoms with Gasteiger partial charge in [0.2, 0.25) is 5.91 Å². The molecule has 166 valence electrons. The molecule has 0 bridgehead atoms. The van der Waals surface area contributed by atoms with E-state index in [0.29, 0.717) is 22.8 Å². The number of carbonyl (C=O) groups excluding carboxylic acids is 1. The number of nitrogens with zero attached hydrogens (tertiary/aromatic N) is 2. The normalized spacial score (nSPS) is 19.5. The molecule has 1 fully saturated rings. The van der Waals surface area contributed by atoms with Gasteiger partial charge in [0, 0.05) is 11.5 Å². The van der Waals surface area contributed by atoms with Crippen LogP contribution < -0.4 is 10.1 Å². The number of benzene rings is 2. The van der Waals surface area contributed by atoms with Gasteiger partial charge in [-0.3, -0.25) is 4.79 Å². The second-order valence-corrected chi connectivity index (χ2v) is 7.81. The quantitative estimate of drug-likeness (QED) is 0.563. The number of nitrogens with one attached hydrogen (secondary N) is 1. The Morgan fingerprint density at radius 3 is 2.56 bits per heavy atom. The summed E-state index contributed by atoms with van der Waals surface area (Å²) in [6, 6.07) is 6.10. The van der Waals surface area contributed by atoms with E-state index >= 15 is 0 Å². The van der Waals surface area contributed by atoms with Crippen LogP contribution in [0.25, 0.3) is 0 Å². The van der Waals surface area contributed by atoms with Crippen LogP contribution in [0.15, 0.2) is 42.6 Å². The minimum atomic E-state index is -1.06. The van der Waals surface area contributed by atoms with Crippen LogP contribution in [0.4, 0.5) is 23.2 Å². The number of carbonyl (C=O) groups is 1. The van der Waals surface area contributed by atoms with Crippen molar-refractivity contribution in [2.45, 2.75) is 25.7 Å². The zero-order valence-corrected chi connectivity index (χ0v) is 17.3. The van der Waals surface area contributed by atoms with Gasteiger partial charge in [-0.05, 0) is 50.1 Å². The first kappa shape index (κ1) is 21.7. The number of aromatic nitrogens is 2. The van der Waals surface area contributed by atoms with E-state index in [-0.39, 0.29) is 18.7 Å². The molecule has 1 aliphatic rings. The molecule has 1 amide bonds. The number of rotatable bonds is 6. The number of halogens is 4. The van der Waals surface area contributed by atoms with Gasteiger partial charge in [-0.1, -0.05) is 6.07 Å². The lowest BCUT2D eigenvalue weighted by atomic mass is 9.93. The summed E-state index contributed by atoms with van der Waals surface area (Å²) in [5.41, 5.74) is -0.340. The Labute approximate surface area is 181 Å². The Morgan fingerprint density at radius 2 is 1.84 bits per heavy atom. The average Bonchev–Trinajstić information content (AvgIpc) is 3.48. The Hall–Kier alpha value is -3.49. The summed E-state index contributed by atoms with van der Waals surface area (Å²) in [6.45, 7) is 3.42. The third-order valence-electron chi connectivity index (χ3n) is 5.61. The van der Waals surface area contributed by atoms with E-state index in [9.17, 15) is 22.4 Å². The van der Waals surface area contributed by atoms with Crippen LogP contribution in [-0.4, -0.2) is 22.5 Å². The summed E-state index contributed by atoms with van der Waals surface area (Å²) in [7, 11) is 0. The van der Waals surface area contributed by atoms with Crippen LogP contribution in [0.5, 0.6) is 5.75 Å². The molecule has 9 heteroatoms. The lowest BCUT2D eigenvalue weighted by molar-refractivity contribution is -0.117. The van der Waals surface area contributed by atoms with Crippen molar-refractivity contribution < 1.29 is 27.1 Å². The molecule has 1 aliphatic carbocycles. The third-order valence-corrected chi connectivity index (χ3v) is 5.61. The maximum atomic E-state index is 14.0. The van der Waals surface area contributed by atoms with E-state index in [4.69, 9.17) is 4.74 Å². The van der Waals surface area contributed by atoms with E-state index in [1.165, 1.54) is 12.3 Å². The first-order chi connectivity index (χ1) is 15.2. The highest BCUT2D eigenvalue weighted by Crippen LogP contribution is 2.55. The SMILES string of the molecule is Cc1ncc(OC[C@@]2(c3ccc(F)c(F)c3)C[C@H]2C(=O)Nc2cc(F)ccc2F)c(C)n1. The summed E-state index contributed by atoms with van der Waals surface area (Å²) in [5.74, 6) is -3.94. The topological polar surface area (TPSA) is 64.1 Å². The van der Waals surface area contributed by atoms with Gasteiger partial charge in [0.25, 0.3) is 0 Å². The highest BCUT2D eigenvalue weighted by molar-refractivity contribution is 5.96. The number of amides is 1. The van der Waals surface area contributed by atoms with Gasteiger partial charge >= 0.3 is 0 Å². The lowest BCUT2D eigenvalue weighted by Crippen LogP contribution is -2.27. The second-order valence-electron chi connectivity index (χ2n) is 7.81. The second kappa shape index (κ2) is 8.22. The standard InChI is InChI=1S/C23H19F4N3O2/c1-12-21(10-28-13(2)29-12)32-11-23(14-3-5-17(25)19(27)7-14)9-16(23)22(31)30-20-8-15(24)4-6-18(20)26/h3-8,10,16H,9,11H2,1-2H3,(H,30,31)/t16-,23+/m0/s1. The molecule has 1 saturated carbocycles. The highest BCUT2D eigenvalue weighted by Gasteiger charge is 2.60. The largest absolute Gasteiger partial charge is 0.489 e. The van der Waals surface area contributed by atoms with Gasteiger partial charge in [-0.15, -0.1) is 0 Å². The Balaban J connectivity index is 1.61. The molecule has 0 unspecified atom stereocenters. The molecule has 1 heterocycles. The smallest absolute Gasteiger partial charge is 0.228 e. The zero-order chi connectivity index (χ0) is 23.0. The first-order valence-corrected chi connectivity index (χ1v) is 9.84. The number of anilines is 1. The van der Waals surface area contributed by atoms with Crippen LogP contribution >= 0.6 is 0 Å². The van der Waals surface area contributed by atoms with Crippen molar-refractivity contribution >= 4 is 11.6 Å². The Bertz CT molecular complexity index is 1200. The maximum absolute atomic E-state index is 14.0. The molecule has 5 nitrogen and oxygen atoms in total. The summed E-state index contributed by atoms with van der Waals surface area (Å²) in [4.78, 5) is 21.2. The predicted octanol–water partition coefficient (Wildman–Crippen LogP) is 4.63. The summed E-state index contributed by atoms with van der Waals surface area (Å²) in [6.07, 6.45) is 1.74. The van der Waals surface area contributed by atoms with E-state index in [2.05, 4.69) is 15.3 Å². The first-order valence-electron chi connectivity index (χ1n) is 9.84. The van der Waals surface area contributed by atoms with E-state index in [1.807, 2.05) is 0 Å². The molecule has 0 spiro atoms. The monoisotopic (exact) mass is 445 g/mol.